The lowest BCUT2D eigenvalue weighted by molar-refractivity contribution is -0.120. The third kappa shape index (κ3) is 4.11. The van der Waals surface area contributed by atoms with Gasteiger partial charge in [-0.1, -0.05) is 42.5 Å². The lowest BCUT2D eigenvalue weighted by Crippen LogP contribution is -2.28. The molecule has 0 radical (unpaired) electrons. The Hall–Kier alpha value is -3.08. The number of carbonyl (C=O) groups excluding carboxylic acids is 1. The van der Waals surface area contributed by atoms with Crippen LogP contribution in [0.15, 0.2) is 66.9 Å². The summed E-state index contributed by atoms with van der Waals surface area (Å²) in [7, 11) is 0. The molecule has 1 aromatic heterocycles. The Morgan fingerprint density at radius 2 is 1.92 bits per heavy atom. The minimum absolute atomic E-state index is 0.0320. The maximum absolute atomic E-state index is 12.0. The van der Waals surface area contributed by atoms with Crippen molar-refractivity contribution in [1.82, 2.24) is 15.5 Å². The SMILES string of the molecule is O=C(Cc1ccn[nH]1)N[C@@H]1C[C@H]1c1ccc(OCc2ccccc2)cc1. The van der Waals surface area contributed by atoms with Crippen LogP contribution < -0.4 is 10.1 Å². The topological polar surface area (TPSA) is 67.0 Å². The smallest absolute Gasteiger partial charge is 0.226 e. The van der Waals surface area contributed by atoms with Crippen molar-refractivity contribution in [2.24, 2.45) is 0 Å². The number of rotatable bonds is 7. The second-order valence-electron chi connectivity index (χ2n) is 6.62. The first-order valence-electron chi connectivity index (χ1n) is 8.82. The number of amides is 1. The van der Waals surface area contributed by atoms with E-state index in [-0.39, 0.29) is 11.9 Å². The molecular weight excluding hydrogens is 326 g/mol. The van der Waals surface area contributed by atoms with Gasteiger partial charge in [-0.2, -0.15) is 5.10 Å². The molecule has 1 saturated carbocycles. The van der Waals surface area contributed by atoms with Crippen LogP contribution in [-0.2, 0) is 17.8 Å². The minimum Gasteiger partial charge on any atom is -0.489 e. The molecule has 5 nitrogen and oxygen atoms in total. The molecule has 0 saturated heterocycles. The molecule has 0 bridgehead atoms. The largest absolute Gasteiger partial charge is 0.489 e. The molecule has 1 heterocycles. The van der Waals surface area contributed by atoms with E-state index in [4.69, 9.17) is 4.74 Å². The van der Waals surface area contributed by atoms with Crippen LogP contribution in [0, 0.1) is 0 Å². The Morgan fingerprint density at radius 3 is 2.65 bits per heavy atom. The van der Waals surface area contributed by atoms with E-state index in [1.807, 2.05) is 36.4 Å². The normalized spacial score (nSPS) is 18.3. The highest BCUT2D eigenvalue weighted by atomic mass is 16.5. The molecule has 5 heteroatoms. The molecule has 4 rings (SSSR count). The molecular formula is C21H21N3O2. The molecule has 2 atom stereocenters. The standard InChI is InChI=1S/C21H21N3O2/c25-21(12-17-10-11-22-24-17)23-20-13-19(20)16-6-8-18(9-7-16)26-14-15-4-2-1-3-5-15/h1-11,19-20H,12-14H2,(H,22,24)(H,23,25)/t19-,20+/m0/s1. The molecule has 1 aliphatic rings. The summed E-state index contributed by atoms with van der Waals surface area (Å²) in [5.74, 6) is 1.28. The van der Waals surface area contributed by atoms with Gasteiger partial charge in [0.15, 0.2) is 0 Å². The zero-order valence-electron chi connectivity index (χ0n) is 14.4. The summed E-state index contributed by atoms with van der Waals surface area (Å²) in [5, 5.41) is 9.75. The van der Waals surface area contributed by atoms with Gasteiger partial charge in [0.05, 0.1) is 6.42 Å². The molecule has 26 heavy (non-hydrogen) atoms. The molecule has 2 N–H and O–H groups in total. The fourth-order valence-electron chi connectivity index (χ4n) is 3.09. The Labute approximate surface area is 152 Å². The average Bonchev–Trinajstić information content (AvgIpc) is 3.23. The number of ether oxygens (including phenoxy) is 1. The fraction of sp³-hybridized carbons (Fsp3) is 0.238. The Morgan fingerprint density at radius 1 is 1.12 bits per heavy atom. The predicted octanol–water partition coefficient (Wildman–Crippen LogP) is 3.20. The first kappa shape index (κ1) is 16.4. The van der Waals surface area contributed by atoms with Crippen LogP contribution in [0.2, 0.25) is 0 Å². The van der Waals surface area contributed by atoms with Crippen molar-refractivity contribution >= 4 is 5.91 Å². The first-order chi connectivity index (χ1) is 12.8. The van der Waals surface area contributed by atoms with Crippen LogP contribution in [0.3, 0.4) is 0 Å². The fourth-order valence-corrected chi connectivity index (χ4v) is 3.09. The molecule has 0 aliphatic heterocycles. The molecule has 3 aromatic rings. The van der Waals surface area contributed by atoms with Gasteiger partial charge >= 0.3 is 0 Å². The number of nitrogens with zero attached hydrogens (tertiary/aromatic N) is 1. The second-order valence-corrected chi connectivity index (χ2v) is 6.62. The van der Waals surface area contributed by atoms with Crippen molar-refractivity contribution in [3.8, 4) is 5.75 Å². The molecule has 0 spiro atoms. The van der Waals surface area contributed by atoms with Gasteiger partial charge in [-0.25, -0.2) is 0 Å². The van der Waals surface area contributed by atoms with Crippen molar-refractivity contribution in [1.29, 1.82) is 0 Å². The number of carbonyl (C=O) groups is 1. The summed E-state index contributed by atoms with van der Waals surface area (Å²) >= 11 is 0. The summed E-state index contributed by atoms with van der Waals surface area (Å²) in [6.07, 6.45) is 2.98. The van der Waals surface area contributed by atoms with Crippen LogP contribution in [0.4, 0.5) is 0 Å². The number of nitrogens with one attached hydrogen (secondary N) is 2. The second kappa shape index (κ2) is 7.44. The highest BCUT2D eigenvalue weighted by molar-refractivity contribution is 5.79. The highest BCUT2D eigenvalue weighted by Crippen LogP contribution is 2.41. The van der Waals surface area contributed by atoms with Crippen molar-refractivity contribution in [2.75, 3.05) is 0 Å². The monoisotopic (exact) mass is 347 g/mol. The minimum atomic E-state index is 0.0320. The number of hydrogen-bond acceptors (Lipinski definition) is 3. The Kier molecular flexibility index (Phi) is 4.69. The van der Waals surface area contributed by atoms with E-state index < -0.39 is 0 Å². The van der Waals surface area contributed by atoms with Crippen LogP contribution in [0.1, 0.15) is 29.2 Å². The van der Waals surface area contributed by atoms with Gasteiger partial charge in [0.1, 0.15) is 12.4 Å². The van der Waals surface area contributed by atoms with Gasteiger partial charge in [0.25, 0.3) is 0 Å². The summed E-state index contributed by atoms with van der Waals surface area (Å²) < 4.78 is 5.82. The lowest BCUT2D eigenvalue weighted by atomic mass is 10.1. The maximum Gasteiger partial charge on any atom is 0.226 e. The Bertz CT molecular complexity index is 845. The van der Waals surface area contributed by atoms with Gasteiger partial charge in [-0.15, -0.1) is 0 Å². The van der Waals surface area contributed by atoms with E-state index in [0.29, 0.717) is 18.9 Å². The summed E-state index contributed by atoms with van der Waals surface area (Å²) in [6, 6.07) is 20.3. The van der Waals surface area contributed by atoms with Crippen molar-refractivity contribution in [2.45, 2.75) is 31.4 Å². The number of aromatic nitrogens is 2. The van der Waals surface area contributed by atoms with Crippen LogP contribution in [-0.4, -0.2) is 22.1 Å². The zero-order chi connectivity index (χ0) is 17.8. The quantitative estimate of drug-likeness (QED) is 0.690. The van der Waals surface area contributed by atoms with E-state index in [2.05, 4.69) is 39.8 Å². The van der Waals surface area contributed by atoms with Crippen LogP contribution in [0.5, 0.6) is 5.75 Å². The third-order valence-electron chi connectivity index (χ3n) is 4.60. The van der Waals surface area contributed by atoms with Gasteiger partial charge in [-0.3, -0.25) is 9.89 Å². The summed E-state index contributed by atoms with van der Waals surface area (Å²) in [5.41, 5.74) is 3.22. The van der Waals surface area contributed by atoms with E-state index in [1.54, 1.807) is 6.20 Å². The molecule has 1 fully saturated rings. The van der Waals surface area contributed by atoms with Crippen LogP contribution >= 0.6 is 0 Å². The zero-order valence-corrected chi connectivity index (χ0v) is 14.4. The van der Waals surface area contributed by atoms with Gasteiger partial charge < -0.3 is 10.1 Å². The average molecular weight is 347 g/mol. The van der Waals surface area contributed by atoms with E-state index in [0.717, 1.165) is 23.4 Å². The molecule has 132 valence electrons. The molecule has 1 aliphatic carbocycles. The number of benzene rings is 2. The summed E-state index contributed by atoms with van der Waals surface area (Å²) in [4.78, 5) is 12.0. The highest BCUT2D eigenvalue weighted by Gasteiger charge is 2.39. The number of H-pyrrole nitrogens is 1. The first-order valence-corrected chi connectivity index (χ1v) is 8.82. The lowest BCUT2D eigenvalue weighted by Gasteiger charge is -2.08. The van der Waals surface area contributed by atoms with Crippen molar-refractivity contribution in [3.05, 3.63) is 83.7 Å². The van der Waals surface area contributed by atoms with E-state index >= 15 is 0 Å². The van der Waals surface area contributed by atoms with Gasteiger partial charge in [0.2, 0.25) is 5.91 Å². The predicted molar refractivity (Wildman–Crippen MR) is 98.8 cm³/mol. The number of hydrogen-bond donors (Lipinski definition) is 2. The van der Waals surface area contributed by atoms with Crippen molar-refractivity contribution < 1.29 is 9.53 Å². The summed E-state index contributed by atoms with van der Waals surface area (Å²) in [6.45, 7) is 0.565. The van der Waals surface area contributed by atoms with E-state index in [9.17, 15) is 4.79 Å². The van der Waals surface area contributed by atoms with Crippen molar-refractivity contribution in [3.63, 3.8) is 0 Å². The van der Waals surface area contributed by atoms with Crippen LogP contribution in [0.25, 0.3) is 0 Å². The van der Waals surface area contributed by atoms with Gasteiger partial charge in [-0.05, 0) is 35.7 Å². The number of aromatic amines is 1. The molecule has 0 unspecified atom stereocenters. The molecule has 2 aromatic carbocycles. The van der Waals surface area contributed by atoms with Gasteiger partial charge in [0, 0.05) is 23.9 Å². The Balaban J connectivity index is 1.26. The maximum atomic E-state index is 12.0. The third-order valence-corrected chi connectivity index (χ3v) is 4.60. The van der Waals surface area contributed by atoms with E-state index in [1.165, 1.54) is 5.56 Å². The molecule has 1 amide bonds.